The Balaban J connectivity index is 2.64. The molecule has 1 N–H and O–H groups in total. The van der Waals surface area contributed by atoms with Gasteiger partial charge >= 0.3 is 12.1 Å². The highest BCUT2D eigenvalue weighted by Crippen LogP contribution is 2.44. The Morgan fingerprint density at radius 3 is 2.70 bits per heavy atom. The van der Waals surface area contributed by atoms with Gasteiger partial charge in [-0.3, -0.25) is 4.90 Å². The van der Waals surface area contributed by atoms with E-state index in [0.717, 1.165) is 0 Å². The van der Waals surface area contributed by atoms with E-state index in [1.54, 1.807) is 25.1 Å². The summed E-state index contributed by atoms with van der Waals surface area (Å²) in [5, 5.41) is 9.99. The number of aliphatic hydroxyl groups is 1. The zero-order valence-corrected chi connectivity index (χ0v) is 13.5. The maximum Gasteiger partial charge on any atom is 0.415 e. The molecule has 1 unspecified atom stereocenters. The summed E-state index contributed by atoms with van der Waals surface area (Å²) in [5.74, 6) is -0.310. The van der Waals surface area contributed by atoms with Crippen molar-refractivity contribution in [2.24, 2.45) is 0 Å². The Morgan fingerprint density at radius 2 is 2.13 bits per heavy atom. The number of carbonyl (C=O) groups is 2. The number of methoxy groups -OCH3 is 1. The minimum absolute atomic E-state index is 0.0134. The van der Waals surface area contributed by atoms with Crippen LogP contribution in [0.15, 0.2) is 29.5 Å². The fourth-order valence-electron chi connectivity index (χ4n) is 2.51. The smallest absolute Gasteiger partial charge is 0.415 e. The molecular formula is C16H19NO6. The van der Waals surface area contributed by atoms with E-state index >= 15 is 0 Å². The van der Waals surface area contributed by atoms with Gasteiger partial charge in [0.2, 0.25) is 0 Å². The van der Waals surface area contributed by atoms with Crippen LogP contribution in [0.25, 0.3) is 0 Å². The van der Waals surface area contributed by atoms with Crippen LogP contribution in [-0.4, -0.2) is 42.8 Å². The molecule has 1 heterocycles. The van der Waals surface area contributed by atoms with Crippen molar-refractivity contribution in [1.29, 1.82) is 0 Å². The normalized spacial score (nSPS) is 17.8. The van der Waals surface area contributed by atoms with Gasteiger partial charge in [0.05, 0.1) is 19.8 Å². The van der Waals surface area contributed by atoms with Crippen molar-refractivity contribution >= 4 is 12.1 Å². The topological polar surface area (TPSA) is 85.3 Å². The largest absolute Gasteiger partial charge is 0.512 e. The number of hydrogen-bond donors (Lipinski definition) is 1. The van der Waals surface area contributed by atoms with Gasteiger partial charge in [-0.25, -0.2) is 9.59 Å². The molecule has 2 rings (SSSR count). The standard InChI is InChI=1S/C16H19NO6/c1-5-22-15(19)12(9(2)18)13-10-7-6-8-11(21-4)14(10)23-16(20)17(13)3/h6-8,13,18H,5H2,1-4H3/b12-9-. The van der Waals surface area contributed by atoms with E-state index in [-0.39, 0.29) is 23.7 Å². The molecule has 0 spiro atoms. The Hall–Kier alpha value is -2.70. The van der Waals surface area contributed by atoms with Crippen LogP contribution >= 0.6 is 0 Å². The Labute approximate surface area is 134 Å². The van der Waals surface area contributed by atoms with Crippen LogP contribution in [0.1, 0.15) is 25.5 Å². The molecule has 0 radical (unpaired) electrons. The van der Waals surface area contributed by atoms with E-state index in [4.69, 9.17) is 14.2 Å². The predicted molar refractivity (Wildman–Crippen MR) is 81.5 cm³/mol. The van der Waals surface area contributed by atoms with Crippen LogP contribution in [0.3, 0.4) is 0 Å². The van der Waals surface area contributed by atoms with Crippen molar-refractivity contribution in [2.75, 3.05) is 20.8 Å². The lowest BCUT2D eigenvalue weighted by atomic mass is 9.94. The predicted octanol–water partition coefficient (Wildman–Crippen LogP) is 2.58. The molecule has 0 bridgehead atoms. The molecule has 1 atom stereocenters. The molecule has 1 aromatic rings. The third kappa shape index (κ3) is 2.94. The molecule has 0 saturated heterocycles. The number of rotatable bonds is 4. The number of amides is 1. The van der Waals surface area contributed by atoms with Crippen molar-refractivity contribution < 1.29 is 28.9 Å². The second-order valence-corrected chi connectivity index (χ2v) is 4.98. The molecule has 0 aromatic heterocycles. The van der Waals surface area contributed by atoms with Gasteiger partial charge in [0.15, 0.2) is 11.5 Å². The average molecular weight is 321 g/mol. The second-order valence-electron chi connectivity index (χ2n) is 4.98. The molecule has 124 valence electrons. The lowest BCUT2D eigenvalue weighted by molar-refractivity contribution is -0.139. The fraction of sp³-hybridized carbons (Fsp3) is 0.375. The third-order valence-corrected chi connectivity index (χ3v) is 3.55. The summed E-state index contributed by atoms with van der Waals surface area (Å²) in [6, 6.07) is 4.24. The molecule has 7 nitrogen and oxygen atoms in total. The summed E-state index contributed by atoms with van der Waals surface area (Å²) < 4.78 is 15.5. The number of benzene rings is 1. The minimum atomic E-state index is -0.828. The quantitative estimate of drug-likeness (QED) is 0.521. The summed E-state index contributed by atoms with van der Waals surface area (Å²) in [6.45, 7) is 3.19. The van der Waals surface area contributed by atoms with Gasteiger partial charge in [-0.05, 0) is 19.9 Å². The van der Waals surface area contributed by atoms with E-state index in [1.807, 2.05) is 0 Å². The molecule has 23 heavy (non-hydrogen) atoms. The molecule has 1 aliphatic heterocycles. The summed E-state index contributed by atoms with van der Waals surface area (Å²) in [5.41, 5.74) is 0.517. The lowest BCUT2D eigenvalue weighted by Crippen LogP contribution is -2.40. The zero-order valence-electron chi connectivity index (χ0n) is 13.5. The maximum atomic E-state index is 12.3. The number of likely N-dealkylation sites (N-methyl/N-ethyl adjacent to an activating group) is 1. The van der Waals surface area contributed by atoms with Crippen molar-refractivity contribution in [3.8, 4) is 11.5 Å². The van der Waals surface area contributed by atoms with Gasteiger partial charge in [-0.2, -0.15) is 0 Å². The highest BCUT2D eigenvalue weighted by Gasteiger charge is 2.40. The lowest BCUT2D eigenvalue weighted by Gasteiger charge is -2.34. The summed E-state index contributed by atoms with van der Waals surface area (Å²) in [4.78, 5) is 25.6. The van der Waals surface area contributed by atoms with Crippen LogP contribution in [0, 0.1) is 0 Å². The number of aliphatic hydroxyl groups excluding tert-OH is 1. The first-order valence-electron chi connectivity index (χ1n) is 7.10. The first kappa shape index (κ1) is 16.7. The van der Waals surface area contributed by atoms with Gasteiger partial charge in [0, 0.05) is 12.6 Å². The monoisotopic (exact) mass is 321 g/mol. The molecule has 0 aliphatic carbocycles. The van der Waals surface area contributed by atoms with E-state index in [9.17, 15) is 14.7 Å². The molecule has 7 heteroatoms. The Kier molecular flexibility index (Phi) is 4.78. The second kappa shape index (κ2) is 6.60. The molecule has 1 aliphatic rings. The van der Waals surface area contributed by atoms with E-state index in [2.05, 4.69) is 0 Å². The number of hydrogen-bond acceptors (Lipinski definition) is 6. The highest BCUT2D eigenvalue weighted by atomic mass is 16.6. The van der Waals surface area contributed by atoms with Crippen molar-refractivity contribution in [3.63, 3.8) is 0 Å². The van der Waals surface area contributed by atoms with Gasteiger partial charge in [0.25, 0.3) is 0 Å². The maximum absolute atomic E-state index is 12.3. The first-order chi connectivity index (χ1) is 10.9. The number of para-hydroxylation sites is 1. The van der Waals surface area contributed by atoms with Gasteiger partial charge in [-0.1, -0.05) is 12.1 Å². The van der Waals surface area contributed by atoms with Crippen molar-refractivity contribution in [1.82, 2.24) is 4.90 Å². The molecule has 1 amide bonds. The zero-order chi connectivity index (χ0) is 17.1. The van der Waals surface area contributed by atoms with Gasteiger partial charge in [-0.15, -0.1) is 0 Å². The number of esters is 1. The molecule has 0 saturated carbocycles. The Bertz CT molecular complexity index is 663. The first-order valence-corrected chi connectivity index (χ1v) is 7.10. The molecule has 1 aromatic carbocycles. The third-order valence-electron chi connectivity index (χ3n) is 3.55. The average Bonchev–Trinajstić information content (AvgIpc) is 2.51. The highest BCUT2D eigenvalue weighted by molar-refractivity contribution is 5.92. The van der Waals surface area contributed by atoms with Gasteiger partial charge in [0.1, 0.15) is 11.3 Å². The van der Waals surface area contributed by atoms with E-state index in [1.165, 1.54) is 26.0 Å². The summed E-state index contributed by atoms with van der Waals surface area (Å²) >= 11 is 0. The number of allylic oxidation sites excluding steroid dienone is 1. The number of ether oxygens (including phenoxy) is 3. The minimum Gasteiger partial charge on any atom is -0.512 e. The number of fused-ring (bicyclic) bond motifs is 1. The summed E-state index contributed by atoms with van der Waals surface area (Å²) in [6.07, 6.45) is -0.657. The molecule has 0 fully saturated rings. The Morgan fingerprint density at radius 1 is 1.43 bits per heavy atom. The van der Waals surface area contributed by atoms with Crippen LogP contribution < -0.4 is 9.47 Å². The van der Waals surface area contributed by atoms with Gasteiger partial charge < -0.3 is 19.3 Å². The fourth-order valence-corrected chi connectivity index (χ4v) is 2.51. The van der Waals surface area contributed by atoms with Crippen LogP contribution in [0.4, 0.5) is 4.79 Å². The van der Waals surface area contributed by atoms with E-state index < -0.39 is 18.1 Å². The van der Waals surface area contributed by atoms with Crippen LogP contribution in [-0.2, 0) is 9.53 Å². The van der Waals surface area contributed by atoms with Crippen LogP contribution in [0.5, 0.6) is 11.5 Å². The SMILES string of the molecule is CCOC(=O)/C(=C(/C)O)C1c2cccc(OC)c2OC(=O)N1C. The van der Waals surface area contributed by atoms with E-state index in [0.29, 0.717) is 11.3 Å². The summed E-state index contributed by atoms with van der Waals surface area (Å²) in [7, 11) is 2.94. The van der Waals surface area contributed by atoms with Crippen molar-refractivity contribution in [3.05, 3.63) is 35.1 Å². The van der Waals surface area contributed by atoms with Crippen LogP contribution in [0.2, 0.25) is 0 Å². The number of nitrogens with zero attached hydrogens (tertiary/aromatic N) is 1. The molecular weight excluding hydrogens is 302 g/mol. The number of carbonyl (C=O) groups excluding carboxylic acids is 2. The van der Waals surface area contributed by atoms with Crippen molar-refractivity contribution in [2.45, 2.75) is 19.9 Å².